The fourth-order valence-electron chi connectivity index (χ4n) is 2.85. The molecule has 0 fully saturated rings. The lowest BCUT2D eigenvalue weighted by Gasteiger charge is -2.25. The Hall–Kier alpha value is -2.78. The van der Waals surface area contributed by atoms with E-state index in [1.807, 2.05) is 0 Å². The molecular formula is C18H18FN3O4S. The highest BCUT2D eigenvalue weighted by Crippen LogP contribution is 2.33. The van der Waals surface area contributed by atoms with Crippen molar-refractivity contribution >= 4 is 33.2 Å². The number of fused-ring (bicyclic) bond motifs is 1. The van der Waals surface area contributed by atoms with E-state index >= 15 is 0 Å². The van der Waals surface area contributed by atoms with Crippen LogP contribution in [0, 0.1) is 5.82 Å². The molecule has 0 saturated heterocycles. The predicted octanol–water partition coefficient (Wildman–Crippen LogP) is 2.14. The topological polar surface area (TPSA) is 95.6 Å². The van der Waals surface area contributed by atoms with Gasteiger partial charge in [0.25, 0.3) is 0 Å². The van der Waals surface area contributed by atoms with E-state index in [9.17, 15) is 22.4 Å². The quantitative estimate of drug-likeness (QED) is 0.835. The summed E-state index contributed by atoms with van der Waals surface area (Å²) in [6.45, 7) is 0. The number of hydrogen-bond acceptors (Lipinski definition) is 4. The van der Waals surface area contributed by atoms with Crippen molar-refractivity contribution in [1.29, 1.82) is 0 Å². The van der Waals surface area contributed by atoms with Crippen molar-refractivity contribution < 1.29 is 22.4 Å². The van der Waals surface area contributed by atoms with Crippen molar-refractivity contribution in [2.24, 2.45) is 0 Å². The van der Waals surface area contributed by atoms with Crippen molar-refractivity contribution in [1.82, 2.24) is 4.31 Å². The Morgan fingerprint density at radius 1 is 1.22 bits per heavy atom. The summed E-state index contributed by atoms with van der Waals surface area (Å²) >= 11 is 0. The van der Waals surface area contributed by atoms with Gasteiger partial charge in [0.05, 0.1) is 10.8 Å². The van der Waals surface area contributed by atoms with Crippen LogP contribution in [0.15, 0.2) is 47.4 Å². The Bertz CT molecular complexity index is 1020. The van der Waals surface area contributed by atoms with Gasteiger partial charge in [-0.2, -0.15) is 0 Å². The molecule has 0 bridgehead atoms. The molecule has 2 aromatic carbocycles. The van der Waals surface area contributed by atoms with Crippen LogP contribution in [0.5, 0.6) is 0 Å². The van der Waals surface area contributed by atoms with Crippen molar-refractivity contribution in [2.75, 3.05) is 24.7 Å². The second-order valence-electron chi connectivity index (χ2n) is 6.34. The zero-order chi connectivity index (χ0) is 19.8. The number of anilines is 2. The number of benzene rings is 2. The van der Waals surface area contributed by atoms with Crippen LogP contribution in [0.2, 0.25) is 0 Å². The third-order valence-electron chi connectivity index (χ3n) is 4.25. The summed E-state index contributed by atoms with van der Waals surface area (Å²) in [7, 11) is -0.818. The Morgan fingerprint density at radius 3 is 2.67 bits per heavy atom. The maximum Gasteiger partial charge on any atom is 0.242 e. The van der Waals surface area contributed by atoms with Gasteiger partial charge >= 0.3 is 0 Å². The summed E-state index contributed by atoms with van der Waals surface area (Å²) in [5, 5.41) is 5.19. The highest BCUT2D eigenvalue weighted by Gasteiger charge is 2.31. The number of nitrogens with one attached hydrogen (secondary N) is 2. The summed E-state index contributed by atoms with van der Waals surface area (Å²) < 4.78 is 38.9. The first-order valence-corrected chi connectivity index (χ1v) is 9.55. The minimum absolute atomic E-state index is 0.0363. The van der Waals surface area contributed by atoms with Crippen LogP contribution in [-0.2, 0) is 19.6 Å². The van der Waals surface area contributed by atoms with Crippen LogP contribution >= 0.6 is 0 Å². The summed E-state index contributed by atoms with van der Waals surface area (Å²) in [5.74, 6) is -2.19. The Balaban J connectivity index is 1.88. The fraction of sp³-hybridized carbons (Fsp3) is 0.222. The molecule has 0 spiro atoms. The maximum atomic E-state index is 13.4. The van der Waals surface area contributed by atoms with Crippen molar-refractivity contribution in [3.63, 3.8) is 0 Å². The van der Waals surface area contributed by atoms with Crippen LogP contribution in [0.25, 0.3) is 0 Å². The van der Waals surface area contributed by atoms with E-state index in [2.05, 4.69) is 10.6 Å². The first-order chi connectivity index (χ1) is 12.7. The van der Waals surface area contributed by atoms with Gasteiger partial charge < -0.3 is 10.6 Å². The van der Waals surface area contributed by atoms with Gasteiger partial charge in [-0.1, -0.05) is 12.1 Å². The molecule has 3 rings (SSSR count). The standard InChI is InChI=1S/C18H18FN3O4S/c1-22(2)27(25,26)13-5-3-4-12(9-13)20-18(24)15-10-17(23)21-16-8-11(19)6-7-14(15)16/h3-9,15H,10H2,1-2H3,(H,20,24)(H,21,23)/t15-/m1/s1. The van der Waals surface area contributed by atoms with E-state index < -0.39 is 33.6 Å². The number of nitrogens with zero attached hydrogens (tertiary/aromatic N) is 1. The van der Waals surface area contributed by atoms with Gasteiger partial charge in [0.1, 0.15) is 5.82 Å². The number of hydrogen-bond donors (Lipinski definition) is 2. The Labute approximate surface area is 156 Å². The molecule has 0 aromatic heterocycles. The summed E-state index contributed by atoms with van der Waals surface area (Å²) in [6.07, 6.45) is -0.0832. The lowest BCUT2D eigenvalue weighted by molar-refractivity contribution is -0.123. The predicted molar refractivity (Wildman–Crippen MR) is 98.3 cm³/mol. The van der Waals surface area contributed by atoms with Crippen molar-refractivity contribution in [3.8, 4) is 0 Å². The third kappa shape index (κ3) is 3.83. The molecule has 1 atom stereocenters. The van der Waals surface area contributed by atoms with Crippen molar-refractivity contribution in [2.45, 2.75) is 17.2 Å². The normalized spacial score (nSPS) is 16.6. The van der Waals surface area contributed by atoms with E-state index in [0.717, 1.165) is 10.4 Å². The third-order valence-corrected chi connectivity index (χ3v) is 6.06. The minimum atomic E-state index is -3.65. The molecule has 0 aliphatic carbocycles. The number of carbonyl (C=O) groups excluding carboxylic acids is 2. The Morgan fingerprint density at radius 2 is 1.96 bits per heavy atom. The molecule has 2 amide bonds. The zero-order valence-electron chi connectivity index (χ0n) is 14.7. The number of amides is 2. The average Bonchev–Trinajstić information content (AvgIpc) is 2.60. The second-order valence-corrected chi connectivity index (χ2v) is 8.49. The zero-order valence-corrected chi connectivity index (χ0v) is 15.5. The second kappa shape index (κ2) is 7.09. The molecule has 1 aliphatic heterocycles. The molecule has 142 valence electrons. The molecule has 2 N–H and O–H groups in total. The molecule has 27 heavy (non-hydrogen) atoms. The van der Waals surface area contributed by atoms with Crippen LogP contribution in [0.4, 0.5) is 15.8 Å². The van der Waals surface area contributed by atoms with Crippen molar-refractivity contribution in [3.05, 3.63) is 53.8 Å². The minimum Gasteiger partial charge on any atom is -0.326 e. The molecule has 0 saturated carbocycles. The van der Waals surface area contributed by atoms with Gasteiger partial charge in [0, 0.05) is 31.9 Å². The maximum absolute atomic E-state index is 13.4. The average molecular weight is 391 g/mol. The number of sulfonamides is 1. The van der Waals surface area contributed by atoms with Crippen LogP contribution < -0.4 is 10.6 Å². The lowest BCUT2D eigenvalue weighted by atomic mass is 9.89. The summed E-state index contributed by atoms with van der Waals surface area (Å²) in [6, 6.07) is 9.70. The van der Waals surface area contributed by atoms with E-state index in [0.29, 0.717) is 5.56 Å². The van der Waals surface area contributed by atoms with Gasteiger partial charge in [-0.25, -0.2) is 17.1 Å². The largest absolute Gasteiger partial charge is 0.326 e. The van der Waals surface area contributed by atoms with Crippen LogP contribution in [-0.4, -0.2) is 38.6 Å². The van der Waals surface area contributed by atoms with Gasteiger partial charge in [-0.15, -0.1) is 0 Å². The molecule has 2 aromatic rings. The summed E-state index contributed by atoms with van der Waals surface area (Å²) in [5.41, 5.74) is 1.05. The van der Waals surface area contributed by atoms with Gasteiger partial charge in [-0.3, -0.25) is 9.59 Å². The molecule has 7 nitrogen and oxygen atoms in total. The van der Waals surface area contributed by atoms with Gasteiger partial charge in [0.2, 0.25) is 21.8 Å². The smallest absolute Gasteiger partial charge is 0.242 e. The van der Waals surface area contributed by atoms with Gasteiger partial charge in [0.15, 0.2) is 0 Å². The van der Waals surface area contributed by atoms with E-state index in [4.69, 9.17) is 0 Å². The summed E-state index contributed by atoms with van der Waals surface area (Å²) in [4.78, 5) is 24.6. The first-order valence-electron chi connectivity index (χ1n) is 8.11. The number of rotatable bonds is 4. The molecule has 0 radical (unpaired) electrons. The number of carbonyl (C=O) groups is 2. The van der Waals surface area contributed by atoms with E-state index in [1.165, 1.54) is 44.4 Å². The SMILES string of the molecule is CN(C)S(=O)(=O)c1cccc(NC(=O)[C@@H]2CC(=O)Nc3cc(F)ccc32)c1. The lowest BCUT2D eigenvalue weighted by Crippen LogP contribution is -2.31. The van der Waals surface area contributed by atoms with E-state index in [1.54, 1.807) is 6.07 Å². The van der Waals surface area contributed by atoms with E-state index in [-0.39, 0.29) is 22.7 Å². The molecule has 9 heteroatoms. The molecule has 0 unspecified atom stereocenters. The number of halogens is 1. The Kier molecular flexibility index (Phi) is 4.99. The van der Waals surface area contributed by atoms with Gasteiger partial charge in [-0.05, 0) is 35.9 Å². The first kappa shape index (κ1) is 19.0. The molecule has 1 aliphatic rings. The highest BCUT2D eigenvalue weighted by molar-refractivity contribution is 7.89. The molecular weight excluding hydrogens is 373 g/mol. The van der Waals surface area contributed by atoms with Crippen LogP contribution in [0.1, 0.15) is 17.9 Å². The highest BCUT2D eigenvalue weighted by atomic mass is 32.2. The molecule has 1 heterocycles. The monoisotopic (exact) mass is 391 g/mol. The fourth-order valence-corrected chi connectivity index (χ4v) is 3.79. The van der Waals surface area contributed by atoms with Crippen LogP contribution in [0.3, 0.4) is 0 Å².